The lowest BCUT2D eigenvalue weighted by Gasteiger charge is -2.29. The molecule has 1 aromatic carbocycles. The van der Waals surface area contributed by atoms with Crippen molar-refractivity contribution < 1.29 is 14.5 Å². The summed E-state index contributed by atoms with van der Waals surface area (Å²) in [5.74, 6) is 0. The van der Waals surface area contributed by atoms with Crippen molar-refractivity contribution in [2.24, 2.45) is 0 Å². The highest BCUT2D eigenvalue weighted by atomic mass is 79.9. The number of nitrogens with zero attached hydrogens (tertiary/aromatic N) is 2. The largest absolute Gasteiger partial charge is 0.443 e. The number of carbonyl (C=O) groups excluding carboxylic acids is 1. The van der Waals surface area contributed by atoms with Crippen LogP contribution in [0.2, 0.25) is 0 Å². The minimum absolute atomic E-state index is 0.149. The van der Waals surface area contributed by atoms with Crippen molar-refractivity contribution in [1.29, 1.82) is 0 Å². The molecule has 0 fully saturated rings. The first-order valence-electron chi connectivity index (χ1n) is 6.49. The number of benzene rings is 1. The Bertz CT molecular complexity index is 552. The molecule has 0 aliphatic carbocycles. The van der Waals surface area contributed by atoms with Crippen LogP contribution in [-0.2, 0) is 4.74 Å². The predicted octanol–water partition coefficient (Wildman–Crippen LogP) is 4.51. The average Bonchev–Trinajstić information content (AvgIpc) is 2.28. The van der Waals surface area contributed by atoms with E-state index in [1.807, 2.05) is 0 Å². The Kier molecular flexibility index (Phi) is 5.33. The molecule has 1 amide bonds. The molecule has 0 aromatic heterocycles. The molecule has 0 spiro atoms. The highest BCUT2D eigenvalue weighted by molar-refractivity contribution is 9.10. The molecule has 0 aliphatic rings. The van der Waals surface area contributed by atoms with E-state index in [4.69, 9.17) is 4.74 Å². The fourth-order valence-corrected chi connectivity index (χ4v) is 2.09. The van der Waals surface area contributed by atoms with Crippen molar-refractivity contribution in [3.63, 3.8) is 0 Å². The van der Waals surface area contributed by atoms with Crippen LogP contribution in [0.5, 0.6) is 0 Å². The lowest BCUT2D eigenvalue weighted by Crippen LogP contribution is -2.41. The first kappa shape index (κ1) is 17.4. The van der Waals surface area contributed by atoms with E-state index in [0.29, 0.717) is 4.47 Å². The van der Waals surface area contributed by atoms with Crippen LogP contribution in [0.1, 0.15) is 34.6 Å². The number of carbonyl (C=O) groups is 1. The van der Waals surface area contributed by atoms with Gasteiger partial charge >= 0.3 is 6.09 Å². The maximum atomic E-state index is 12.3. The van der Waals surface area contributed by atoms with Crippen LogP contribution in [0, 0.1) is 10.1 Å². The molecule has 0 unspecified atom stereocenters. The zero-order chi connectivity index (χ0) is 16.4. The molecule has 0 atom stereocenters. The second kappa shape index (κ2) is 6.43. The van der Waals surface area contributed by atoms with Crippen LogP contribution >= 0.6 is 15.9 Å². The second-order valence-electron chi connectivity index (χ2n) is 5.83. The third kappa shape index (κ3) is 4.70. The van der Waals surface area contributed by atoms with E-state index in [0.717, 1.165) is 0 Å². The average molecular weight is 359 g/mol. The van der Waals surface area contributed by atoms with Gasteiger partial charge in [0, 0.05) is 16.6 Å². The molecule has 116 valence electrons. The Morgan fingerprint density at radius 1 is 1.38 bits per heavy atom. The van der Waals surface area contributed by atoms with E-state index < -0.39 is 16.6 Å². The van der Waals surface area contributed by atoms with Gasteiger partial charge in [0.2, 0.25) is 0 Å². The SMILES string of the molecule is CC(C)N(C(=O)OC(C)(C)C)c1ccc(Br)cc1[N+](=O)[O-]. The van der Waals surface area contributed by atoms with Gasteiger partial charge < -0.3 is 4.74 Å². The summed E-state index contributed by atoms with van der Waals surface area (Å²) in [6.07, 6.45) is -0.608. The summed E-state index contributed by atoms with van der Waals surface area (Å²) in [5.41, 5.74) is -0.606. The van der Waals surface area contributed by atoms with E-state index in [1.54, 1.807) is 40.7 Å². The van der Waals surface area contributed by atoms with Crippen LogP contribution < -0.4 is 4.90 Å². The highest BCUT2D eigenvalue weighted by Crippen LogP contribution is 2.33. The predicted molar refractivity (Wildman–Crippen MR) is 84.6 cm³/mol. The van der Waals surface area contributed by atoms with Crippen LogP contribution in [-0.4, -0.2) is 22.7 Å². The van der Waals surface area contributed by atoms with Gasteiger partial charge in [-0.25, -0.2) is 4.79 Å². The van der Waals surface area contributed by atoms with E-state index in [2.05, 4.69) is 15.9 Å². The third-order valence-electron chi connectivity index (χ3n) is 2.50. The van der Waals surface area contributed by atoms with Gasteiger partial charge in [-0.05, 0) is 46.8 Å². The Morgan fingerprint density at radius 2 is 1.95 bits per heavy atom. The fourth-order valence-electron chi connectivity index (χ4n) is 1.74. The quantitative estimate of drug-likeness (QED) is 0.588. The van der Waals surface area contributed by atoms with Crippen LogP contribution in [0.3, 0.4) is 0 Å². The monoisotopic (exact) mass is 358 g/mol. The first-order valence-corrected chi connectivity index (χ1v) is 7.28. The zero-order valence-corrected chi connectivity index (χ0v) is 14.3. The Hall–Kier alpha value is -1.63. The van der Waals surface area contributed by atoms with Gasteiger partial charge in [0.25, 0.3) is 5.69 Å². The molecule has 0 bridgehead atoms. The molecule has 1 aromatic rings. The Labute approximate surface area is 132 Å². The van der Waals surface area contributed by atoms with E-state index >= 15 is 0 Å². The number of anilines is 1. The summed E-state index contributed by atoms with van der Waals surface area (Å²) >= 11 is 3.20. The van der Waals surface area contributed by atoms with Crippen molar-refractivity contribution in [2.45, 2.75) is 46.3 Å². The van der Waals surface area contributed by atoms with Gasteiger partial charge in [-0.3, -0.25) is 15.0 Å². The summed E-state index contributed by atoms with van der Waals surface area (Å²) in [5, 5.41) is 11.2. The lowest BCUT2D eigenvalue weighted by molar-refractivity contribution is -0.384. The number of hydrogen-bond acceptors (Lipinski definition) is 4. The van der Waals surface area contributed by atoms with E-state index in [9.17, 15) is 14.9 Å². The van der Waals surface area contributed by atoms with Crippen LogP contribution in [0.4, 0.5) is 16.2 Å². The number of halogens is 1. The van der Waals surface area contributed by atoms with Crippen molar-refractivity contribution in [3.8, 4) is 0 Å². The number of hydrogen-bond donors (Lipinski definition) is 0. The van der Waals surface area contributed by atoms with Crippen molar-refractivity contribution in [3.05, 3.63) is 32.8 Å². The summed E-state index contributed by atoms with van der Waals surface area (Å²) in [4.78, 5) is 24.3. The second-order valence-corrected chi connectivity index (χ2v) is 6.75. The third-order valence-corrected chi connectivity index (χ3v) is 2.99. The minimum atomic E-state index is -0.672. The van der Waals surface area contributed by atoms with E-state index in [-0.39, 0.29) is 17.4 Å². The zero-order valence-electron chi connectivity index (χ0n) is 12.7. The number of rotatable bonds is 3. The van der Waals surface area contributed by atoms with Crippen LogP contribution in [0.25, 0.3) is 0 Å². The summed E-state index contributed by atoms with van der Waals surface area (Å²) < 4.78 is 5.91. The molecule has 1 rings (SSSR count). The molecule has 6 nitrogen and oxygen atoms in total. The molecule has 0 heterocycles. The summed E-state index contributed by atoms with van der Waals surface area (Å²) in [6, 6.07) is 4.28. The lowest BCUT2D eigenvalue weighted by atomic mass is 10.2. The number of nitro benzene ring substituents is 1. The Balaban J connectivity index is 3.30. The molecular formula is C14H19BrN2O4. The first-order chi connectivity index (χ1) is 9.53. The molecule has 0 saturated heterocycles. The molecule has 7 heteroatoms. The topological polar surface area (TPSA) is 72.7 Å². The maximum Gasteiger partial charge on any atom is 0.415 e. The van der Waals surface area contributed by atoms with Gasteiger partial charge in [0.15, 0.2) is 0 Å². The van der Waals surface area contributed by atoms with Crippen molar-refractivity contribution in [2.75, 3.05) is 4.90 Å². The fraction of sp³-hybridized carbons (Fsp3) is 0.500. The van der Waals surface area contributed by atoms with Gasteiger partial charge in [0.05, 0.1) is 4.92 Å². The molecule has 0 saturated carbocycles. The van der Waals surface area contributed by atoms with Gasteiger partial charge in [-0.1, -0.05) is 15.9 Å². The molecule has 0 radical (unpaired) electrons. The van der Waals surface area contributed by atoms with E-state index in [1.165, 1.54) is 17.0 Å². The highest BCUT2D eigenvalue weighted by Gasteiger charge is 2.30. The minimum Gasteiger partial charge on any atom is -0.443 e. The smallest absolute Gasteiger partial charge is 0.415 e. The normalized spacial score (nSPS) is 11.4. The summed E-state index contributed by atoms with van der Waals surface area (Å²) in [6.45, 7) is 8.80. The molecule has 21 heavy (non-hydrogen) atoms. The number of ether oxygens (including phenoxy) is 1. The maximum absolute atomic E-state index is 12.3. The summed E-state index contributed by atoms with van der Waals surface area (Å²) in [7, 11) is 0. The van der Waals surface area contributed by atoms with Gasteiger partial charge in [-0.15, -0.1) is 0 Å². The Morgan fingerprint density at radius 3 is 2.38 bits per heavy atom. The van der Waals surface area contributed by atoms with Gasteiger partial charge in [-0.2, -0.15) is 0 Å². The standard InChI is InChI=1S/C14H19BrN2O4/c1-9(2)16(13(18)21-14(3,4)5)11-7-6-10(15)8-12(11)17(19)20/h6-9H,1-5H3. The van der Waals surface area contributed by atoms with Crippen LogP contribution in [0.15, 0.2) is 22.7 Å². The van der Waals surface area contributed by atoms with Crippen molar-refractivity contribution >= 4 is 33.4 Å². The van der Waals surface area contributed by atoms with Crippen molar-refractivity contribution in [1.82, 2.24) is 0 Å². The number of nitro groups is 1. The molecular weight excluding hydrogens is 340 g/mol. The number of amides is 1. The molecule has 0 aliphatic heterocycles. The molecule has 0 N–H and O–H groups in total. The van der Waals surface area contributed by atoms with Gasteiger partial charge in [0.1, 0.15) is 11.3 Å².